The summed E-state index contributed by atoms with van der Waals surface area (Å²) in [7, 11) is 4.29. The highest BCUT2D eigenvalue weighted by Gasteiger charge is 2.17. The lowest BCUT2D eigenvalue weighted by Crippen LogP contribution is -2.41. The number of hydrogen-bond acceptors (Lipinski definition) is 7. The number of carbonyl (C=O) groups excluding carboxylic acids is 3. The molecule has 154 valence electrons. The minimum absolute atomic E-state index is 0.182. The molecule has 0 bridgehead atoms. The number of nitrogens with one attached hydrogen (secondary N) is 3. The van der Waals surface area contributed by atoms with Crippen LogP contribution in [0.15, 0.2) is 36.4 Å². The first-order valence-corrected chi connectivity index (χ1v) is 8.35. The summed E-state index contributed by atoms with van der Waals surface area (Å²) in [6.07, 6.45) is 0. The number of aliphatic hydroxyl groups is 1. The second-order valence-corrected chi connectivity index (χ2v) is 5.61. The molecular weight excluding hydrogens is 382 g/mol. The first-order chi connectivity index (χ1) is 13.9. The van der Waals surface area contributed by atoms with Crippen LogP contribution in [0.2, 0.25) is 0 Å². The van der Waals surface area contributed by atoms with E-state index in [4.69, 9.17) is 19.3 Å². The fraction of sp³-hybridized carbons (Fsp3) is 0.211. The summed E-state index contributed by atoms with van der Waals surface area (Å²) in [5.74, 6) is -0.799. The highest BCUT2D eigenvalue weighted by Crippen LogP contribution is 2.38. The number of methoxy groups -OCH3 is 3. The van der Waals surface area contributed by atoms with Gasteiger partial charge < -0.3 is 24.6 Å². The van der Waals surface area contributed by atoms with E-state index >= 15 is 0 Å². The van der Waals surface area contributed by atoms with Crippen LogP contribution in [0.1, 0.15) is 20.7 Å². The first-order valence-electron chi connectivity index (χ1n) is 8.35. The lowest BCUT2D eigenvalue weighted by molar-refractivity contribution is -0.118. The van der Waals surface area contributed by atoms with Crippen LogP contribution in [0.3, 0.4) is 0 Å². The largest absolute Gasteiger partial charge is 0.493 e. The Kier molecular flexibility index (Phi) is 7.38. The van der Waals surface area contributed by atoms with E-state index in [2.05, 4.69) is 16.2 Å². The van der Waals surface area contributed by atoms with Gasteiger partial charge in [0.2, 0.25) is 11.7 Å². The minimum atomic E-state index is -0.644. The number of anilines is 1. The van der Waals surface area contributed by atoms with E-state index in [0.29, 0.717) is 22.9 Å². The van der Waals surface area contributed by atoms with Crippen molar-refractivity contribution in [1.82, 2.24) is 10.9 Å². The average Bonchev–Trinajstić information content (AvgIpc) is 2.76. The number of benzene rings is 2. The molecule has 0 saturated heterocycles. The summed E-state index contributed by atoms with van der Waals surface area (Å²) in [6.45, 7) is -0.644. The molecular formula is C19H21N3O7. The maximum Gasteiger partial charge on any atom is 0.269 e. The Hall–Kier alpha value is -3.79. The van der Waals surface area contributed by atoms with Crippen LogP contribution in [0, 0.1) is 0 Å². The van der Waals surface area contributed by atoms with Gasteiger partial charge in [-0.25, -0.2) is 0 Å². The Morgan fingerprint density at radius 1 is 0.828 bits per heavy atom. The van der Waals surface area contributed by atoms with Gasteiger partial charge in [0.1, 0.15) is 6.61 Å². The fourth-order valence-corrected chi connectivity index (χ4v) is 2.38. The molecule has 0 heterocycles. The van der Waals surface area contributed by atoms with Crippen LogP contribution in [-0.2, 0) is 4.79 Å². The Bertz CT molecular complexity index is 872. The molecule has 29 heavy (non-hydrogen) atoms. The monoisotopic (exact) mass is 403 g/mol. The fourth-order valence-electron chi connectivity index (χ4n) is 2.38. The van der Waals surface area contributed by atoms with Gasteiger partial charge in [0, 0.05) is 16.8 Å². The van der Waals surface area contributed by atoms with Crippen molar-refractivity contribution in [3.8, 4) is 17.2 Å². The minimum Gasteiger partial charge on any atom is -0.493 e. The van der Waals surface area contributed by atoms with E-state index in [0.717, 1.165) is 0 Å². The van der Waals surface area contributed by atoms with Crippen molar-refractivity contribution in [3.63, 3.8) is 0 Å². The Morgan fingerprint density at radius 3 is 1.79 bits per heavy atom. The molecule has 3 amide bonds. The molecule has 0 fully saturated rings. The van der Waals surface area contributed by atoms with Crippen molar-refractivity contribution < 1.29 is 33.7 Å². The van der Waals surface area contributed by atoms with Crippen LogP contribution in [0.5, 0.6) is 17.2 Å². The molecule has 0 saturated carbocycles. The third kappa shape index (κ3) is 5.36. The zero-order chi connectivity index (χ0) is 21.4. The molecule has 10 nitrogen and oxygen atoms in total. The molecule has 0 unspecified atom stereocenters. The predicted octanol–water partition coefficient (Wildman–Crippen LogP) is 0.718. The number of hydrazine groups is 1. The molecule has 0 spiro atoms. The Morgan fingerprint density at radius 2 is 1.34 bits per heavy atom. The van der Waals surface area contributed by atoms with Crippen molar-refractivity contribution in [1.29, 1.82) is 0 Å². The van der Waals surface area contributed by atoms with Gasteiger partial charge in [-0.2, -0.15) is 0 Å². The molecule has 0 aliphatic rings. The topological polar surface area (TPSA) is 135 Å². The predicted molar refractivity (Wildman–Crippen MR) is 103 cm³/mol. The summed E-state index contributed by atoms with van der Waals surface area (Å²) in [5.41, 5.74) is 5.44. The van der Waals surface area contributed by atoms with Crippen LogP contribution >= 0.6 is 0 Å². The van der Waals surface area contributed by atoms with Crippen LogP contribution in [0.4, 0.5) is 5.69 Å². The van der Waals surface area contributed by atoms with Gasteiger partial charge in [-0.15, -0.1) is 0 Å². The standard InChI is InChI=1S/C19H21N3O7/c1-27-14-8-12(9-15(28-2)17(14)29-3)19(26)22-21-18(25)11-4-6-13(7-5-11)20-16(24)10-23/h4-9,23H,10H2,1-3H3,(H,20,24)(H,21,25)(H,22,26). The van der Waals surface area contributed by atoms with Crippen molar-refractivity contribution in [2.24, 2.45) is 0 Å². The van der Waals surface area contributed by atoms with E-state index < -0.39 is 24.3 Å². The third-order valence-electron chi connectivity index (χ3n) is 3.79. The average molecular weight is 403 g/mol. The number of rotatable bonds is 7. The molecule has 0 aliphatic heterocycles. The van der Waals surface area contributed by atoms with E-state index in [9.17, 15) is 14.4 Å². The molecule has 10 heteroatoms. The summed E-state index contributed by atoms with van der Waals surface area (Å²) in [4.78, 5) is 35.7. The van der Waals surface area contributed by atoms with Gasteiger partial charge in [0.05, 0.1) is 21.3 Å². The van der Waals surface area contributed by atoms with Crippen molar-refractivity contribution in [2.45, 2.75) is 0 Å². The van der Waals surface area contributed by atoms with Crippen molar-refractivity contribution in [3.05, 3.63) is 47.5 Å². The Labute approximate surface area is 166 Å². The van der Waals surface area contributed by atoms with Gasteiger partial charge in [-0.05, 0) is 36.4 Å². The van der Waals surface area contributed by atoms with Crippen LogP contribution < -0.4 is 30.4 Å². The van der Waals surface area contributed by atoms with E-state index in [1.165, 1.54) is 57.7 Å². The molecule has 0 aliphatic carbocycles. The summed E-state index contributed by atoms with van der Waals surface area (Å²) >= 11 is 0. The maximum atomic E-state index is 12.4. The van der Waals surface area contributed by atoms with Crippen LogP contribution in [0.25, 0.3) is 0 Å². The molecule has 2 aromatic rings. The van der Waals surface area contributed by atoms with Crippen molar-refractivity contribution in [2.75, 3.05) is 33.3 Å². The highest BCUT2D eigenvalue weighted by atomic mass is 16.5. The molecule has 0 aromatic heterocycles. The van der Waals surface area contributed by atoms with Gasteiger partial charge in [0.15, 0.2) is 11.5 Å². The molecule has 2 rings (SSSR count). The second-order valence-electron chi connectivity index (χ2n) is 5.61. The number of aliphatic hydroxyl groups excluding tert-OH is 1. The number of carbonyl (C=O) groups is 3. The zero-order valence-electron chi connectivity index (χ0n) is 16.1. The van der Waals surface area contributed by atoms with Crippen molar-refractivity contribution >= 4 is 23.4 Å². The van der Waals surface area contributed by atoms with Gasteiger partial charge in [-0.3, -0.25) is 25.2 Å². The molecule has 4 N–H and O–H groups in total. The Balaban J connectivity index is 2.05. The van der Waals surface area contributed by atoms with E-state index in [1.807, 2.05) is 0 Å². The first kappa shape index (κ1) is 21.5. The zero-order valence-corrected chi connectivity index (χ0v) is 16.1. The molecule has 0 atom stereocenters. The van der Waals surface area contributed by atoms with Gasteiger partial charge >= 0.3 is 0 Å². The summed E-state index contributed by atoms with van der Waals surface area (Å²) < 4.78 is 15.6. The number of hydrogen-bond donors (Lipinski definition) is 4. The lowest BCUT2D eigenvalue weighted by atomic mass is 10.1. The van der Waals surface area contributed by atoms with Crippen LogP contribution in [-0.4, -0.2) is 50.8 Å². The van der Waals surface area contributed by atoms with Gasteiger partial charge in [0.25, 0.3) is 11.8 Å². The smallest absolute Gasteiger partial charge is 0.269 e. The SMILES string of the molecule is COc1cc(C(=O)NNC(=O)c2ccc(NC(=O)CO)cc2)cc(OC)c1OC. The number of amides is 3. The second kappa shape index (κ2) is 9.95. The quantitative estimate of drug-likeness (QED) is 0.500. The maximum absolute atomic E-state index is 12.4. The van der Waals surface area contributed by atoms with Gasteiger partial charge in [-0.1, -0.05) is 0 Å². The highest BCUT2D eigenvalue weighted by molar-refractivity contribution is 6.00. The number of ether oxygens (including phenoxy) is 3. The molecule has 0 radical (unpaired) electrons. The summed E-state index contributed by atoms with van der Waals surface area (Å²) in [6, 6.07) is 8.78. The lowest BCUT2D eigenvalue weighted by Gasteiger charge is -2.14. The van der Waals surface area contributed by atoms with E-state index in [1.54, 1.807) is 0 Å². The van der Waals surface area contributed by atoms with E-state index in [-0.39, 0.29) is 11.1 Å². The molecule has 2 aromatic carbocycles. The normalized spacial score (nSPS) is 9.93. The summed E-state index contributed by atoms with van der Waals surface area (Å²) in [5, 5.41) is 11.1. The third-order valence-corrected chi connectivity index (χ3v) is 3.79.